The summed E-state index contributed by atoms with van der Waals surface area (Å²) in [7, 11) is 1.38. The van der Waals surface area contributed by atoms with Crippen molar-refractivity contribution in [2.75, 3.05) is 20.1 Å². The maximum atomic E-state index is 12.8. The van der Waals surface area contributed by atoms with Crippen LogP contribution in [0, 0.1) is 5.92 Å². The van der Waals surface area contributed by atoms with Crippen molar-refractivity contribution in [2.24, 2.45) is 5.92 Å². The number of urea groups is 1. The van der Waals surface area contributed by atoms with Crippen LogP contribution in [0.1, 0.15) is 23.7 Å². The van der Waals surface area contributed by atoms with E-state index in [-0.39, 0.29) is 18.9 Å². The molecule has 2 N–H and O–H groups in total. The molecule has 1 fully saturated rings. The van der Waals surface area contributed by atoms with E-state index in [1.807, 2.05) is 30.3 Å². The summed E-state index contributed by atoms with van der Waals surface area (Å²) in [6, 6.07) is 17.5. The molecule has 0 spiro atoms. The van der Waals surface area contributed by atoms with Crippen molar-refractivity contribution in [3.05, 3.63) is 71.8 Å². The fraction of sp³-hybridized carbons (Fsp3) is 0.304. The fourth-order valence-electron chi connectivity index (χ4n) is 3.41. The predicted molar refractivity (Wildman–Crippen MR) is 113 cm³/mol. The van der Waals surface area contributed by atoms with E-state index in [4.69, 9.17) is 4.74 Å². The standard InChI is InChI=1S/C23H25N3O5/c1-24-23(30)25-21(28)20(17-10-6-3-7-11-17)31-22(29)18-14-19(27)26(15-18)13-12-16-8-4-2-5-9-16/h2-11,18,20H,12-15H2,1H3,(H2,24,25,28,30)/t18-,20-/m0/s1. The van der Waals surface area contributed by atoms with Gasteiger partial charge in [-0.25, -0.2) is 4.79 Å². The maximum Gasteiger partial charge on any atom is 0.321 e. The number of likely N-dealkylation sites (tertiary alicyclic amines) is 1. The molecule has 8 nitrogen and oxygen atoms in total. The lowest BCUT2D eigenvalue weighted by atomic mass is 10.1. The number of hydrogen-bond donors (Lipinski definition) is 2. The largest absolute Gasteiger partial charge is 0.447 e. The smallest absolute Gasteiger partial charge is 0.321 e. The molecule has 4 amide bonds. The quantitative estimate of drug-likeness (QED) is 0.661. The second-order valence-corrected chi connectivity index (χ2v) is 7.27. The van der Waals surface area contributed by atoms with E-state index in [1.54, 1.807) is 35.2 Å². The van der Waals surface area contributed by atoms with Crippen molar-refractivity contribution in [3.8, 4) is 0 Å². The van der Waals surface area contributed by atoms with Gasteiger partial charge in [-0.2, -0.15) is 0 Å². The third-order valence-electron chi connectivity index (χ3n) is 5.10. The number of imide groups is 1. The van der Waals surface area contributed by atoms with Gasteiger partial charge in [-0.1, -0.05) is 60.7 Å². The second-order valence-electron chi connectivity index (χ2n) is 7.27. The number of hydrogen-bond acceptors (Lipinski definition) is 5. The normalized spacial score (nSPS) is 16.5. The molecule has 2 aromatic carbocycles. The molecular formula is C23H25N3O5. The highest BCUT2D eigenvalue weighted by molar-refractivity contribution is 5.98. The number of esters is 1. The van der Waals surface area contributed by atoms with Crippen molar-refractivity contribution < 1.29 is 23.9 Å². The van der Waals surface area contributed by atoms with Crippen molar-refractivity contribution in [1.29, 1.82) is 0 Å². The summed E-state index contributed by atoms with van der Waals surface area (Å²) in [5.41, 5.74) is 1.54. The molecule has 3 rings (SSSR count). The molecule has 162 valence electrons. The van der Waals surface area contributed by atoms with Gasteiger partial charge in [0.05, 0.1) is 5.92 Å². The lowest BCUT2D eigenvalue weighted by Crippen LogP contribution is -2.41. The van der Waals surface area contributed by atoms with Crippen molar-refractivity contribution in [3.63, 3.8) is 0 Å². The summed E-state index contributed by atoms with van der Waals surface area (Å²) in [5.74, 6) is -2.19. The van der Waals surface area contributed by atoms with E-state index in [0.717, 1.165) is 5.56 Å². The Bertz CT molecular complexity index is 933. The molecule has 2 aromatic rings. The number of ether oxygens (including phenoxy) is 1. The van der Waals surface area contributed by atoms with Crippen LogP contribution in [0.5, 0.6) is 0 Å². The number of carbonyl (C=O) groups excluding carboxylic acids is 4. The molecule has 0 aliphatic carbocycles. The molecule has 1 saturated heterocycles. The lowest BCUT2D eigenvalue weighted by molar-refractivity contribution is -0.159. The lowest BCUT2D eigenvalue weighted by Gasteiger charge is -2.20. The molecular weight excluding hydrogens is 398 g/mol. The first-order chi connectivity index (χ1) is 15.0. The third-order valence-corrected chi connectivity index (χ3v) is 5.10. The van der Waals surface area contributed by atoms with Gasteiger partial charge in [0.25, 0.3) is 5.91 Å². The molecule has 1 aliphatic heterocycles. The molecule has 1 heterocycles. The van der Waals surface area contributed by atoms with E-state index in [1.165, 1.54) is 7.05 Å². The summed E-state index contributed by atoms with van der Waals surface area (Å²) in [6.45, 7) is 0.745. The zero-order chi connectivity index (χ0) is 22.2. The Morgan fingerprint density at radius 2 is 1.71 bits per heavy atom. The minimum Gasteiger partial charge on any atom is -0.447 e. The number of amides is 4. The van der Waals surface area contributed by atoms with E-state index in [2.05, 4.69) is 10.6 Å². The number of rotatable bonds is 7. The van der Waals surface area contributed by atoms with Crippen LogP contribution in [0.4, 0.5) is 4.79 Å². The van der Waals surface area contributed by atoms with Crippen molar-refractivity contribution >= 4 is 23.8 Å². The van der Waals surface area contributed by atoms with Gasteiger partial charge < -0.3 is 15.0 Å². The van der Waals surface area contributed by atoms with Crippen LogP contribution in [0.25, 0.3) is 0 Å². The Morgan fingerprint density at radius 3 is 2.35 bits per heavy atom. The van der Waals surface area contributed by atoms with Crippen LogP contribution < -0.4 is 10.6 Å². The highest BCUT2D eigenvalue weighted by atomic mass is 16.5. The molecule has 8 heteroatoms. The van der Waals surface area contributed by atoms with Gasteiger partial charge >= 0.3 is 12.0 Å². The molecule has 31 heavy (non-hydrogen) atoms. The Balaban J connectivity index is 1.63. The van der Waals surface area contributed by atoms with E-state index in [0.29, 0.717) is 18.5 Å². The molecule has 0 radical (unpaired) electrons. The number of nitrogens with one attached hydrogen (secondary N) is 2. The Hall–Kier alpha value is -3.68. The first-order valence-corrected chi connectivity index (χ1v) is 10.1. The van der Waals surface area contributed by atoms with Gasteiger partial charge in [0.15, 0.2) is 0 Å². The Morgan fingerprint density at radius 1 is 1.06 bits per heavy atom. The van der Waals surface area contributed by atoms with E-state index >= 15 is 0 Å². The highest BCUT2D eigenvalue weighted by Crippen LogP contribution is 2.24. The van der Waals surface area contributed by atoms with Gasteiger partial charge in [-0.05, 0) is 12.0 Å². The summed E-state index contributed by atoms with van der Waals surface area (Å²) in [5, 5.41) is 4.42. The van der Waals surface area contributed by atoms with Crippen LogP contribution >= 0.6 is 0 Å². The minimum atomic E-state index is -1.29. The van der Waals surface area contributed by atoms with Crippen LogP contribution in [-0.2, 0) is 25.5 Å². The summed E-state index contributed by atoms with van der Waals surface area (Å²) in [6.07, 6.45) is -0.568. The van der Waals surface area contributed by atoms with Gasteiger partial charge in [0, 0.05) is 32.1 Å². The monoisotopic (exact) mass is 423 g/mol. The molecule has 1 aliphatic rings. The maximum absolute atomic E-state index is 12.8. The van der Waals surface area contributed by atoms with Gasteiger partial charge in [-0.15, -0.1) is 0 Å². The zero-order valence-electron chi connectivity index (χ0n) is 17.2. The summed E-state index contributed by atoms with van der Waals surface area (Å²) < 4.78 is 5.48. The predicted octanol–water partition coefficient (Wildman–Crippen LogP) is 1.82. The molecule has 0 unspecified atom stereocenters. The first kappa shape index (κ1) is 22.0. The highest BCUT2D eigenvalue weighted by Gasteiger charge is 2.37. The van der Waals surface area contributed by atoms with Gasteiger partial charge in [0.2, 0.25) is 12.0 Å². The van der Waals surface area contributed by atoms with Crippen LogP contribution in [-0.4, -0.2) is 48.9 Å². The fourth-order valence-corrected chi connectivity index (χ4v) is 3.41. The zero-order valence-corrected chi connectivity index (χ0v) is 17.2. The minimum absolute atomic E-state index is 0.0339. The molecule has 0 bridgehead atoms. The third kappa shape index (κ3) is 5.91. The molecule has 0 saturated carbocycles. The van der Waals surface area contributed by atoms with E-state index in [9.17, 15) is 19.2 Å². The Labute approximate surface area is 180 Å². The van der Waals surface area contributed by atoms with Crippen LogP contribution in [0.3, 0.4) is 0 Å². The number of nitrogens with zero attached hydrogens (tertiary/aromatic N) is 1. The number of carbonyl (C=O) groups is 4. The van der Waals surface area contributed by atoms with Gasteiger partial charge in [-0.3, -0.25) is 19.7 Å². The van der Waals surface area contributed by atoms with Crippen molar-refractivity contribution in [2.45, 2.75) is 18.9 Å². The van der Waals surface area contributed by atoms with Crippen LogP contribution in [0.2, 0.25) is 0 Å². The average molecular weight is 423 g/mol. The summed E-state index contributed by atoms with van der Waals surface area (Å²) >= 11 is 0. The van der Waals surface area contributed by atoms with Gasteiger partial charge in [0.1, 0.15) is 0 Å². The second kappa shape index (κ2) is 10.4. The average Bonchev–Trinajstić information content (AvgIpc) is 3.17. The first-order valence-electron chi connectivity index (χ1n) is 10.1. The van der Waals surface area contributed by atoms with Crippen LogP contribution in [0.15, 0.2) is 60.7 Å². The number of benzene rings is 2. The molecule has 0 aromatic heterocycles. The SMILES string of the molecule is CNC(=O)NC(=O)[C@@H](OC(=O)[C@H]1CC(=O)N(CCc2ccccc2)C1)c1ccccc1. The van der Waals surface area contributed by atoms with E-state index < -0.39 is 29.9 Å². The molecule has 2 atom stereocenters. The summed E-state index contributed by atoms with van der Waals surface area (Å²) in [4.78, 5) is 50.8. The topological polar surface area (TPSA) is 105 Å². The Kier molecular flexibility index (Phi) is 7.37. The van der Waals surface area contributed by atoms with Crippen molar-refractivity contribution in [1.82, 2.24) is 15.5 Å².